The summed E-state index contributed by atoms with van der Waals surface area (Å²) < 4.78 is 11.1. The first-order valence-electron chi connectivity index (χ1n) is 6.79. The molecule has 2 aromatic carbocycles. The molecule has 2 aromatic rings. The lowest BCUT2D eigenvalue weighted by Gasteiger charge is -2.24. The lowest BCUT2D eigenvalue weighted by atomic mass is 9.91. The predicted molar refractivity (Wildman–Crippen MR) is 78.1 cm³/mol. The van der Waals surface area contributed by atoms with Crippen molar-refractivity contribution in [3.63, 3.8) is 0 Å². The van der Waals surface area contributed by atoms with Crippen LogP contribution in [0.5, 0.6) is 11.5 Å². The molecule has 1 unspecified atom stereocenters. The number of para-hydroxylation sites is 1. The Hall–Kier alpha value is -2.33. The molecule has 0 radical (unpaired) electrons. The minimum Gasteiger partial charge on any atom is -0.478 e. The van der Waals surface area contributed by atoms with E-state index in [0.29, 0.717) is 23.3 Å². The molecule has 21 heavy (non-hydrogen) atoms. The molecule has 0 saturated heterocycles. The first-order valence-corrected chi connectivity index (χ1v) is 6.79. The monoisotopic (exact) mass is 284 g/mol. The van der Waals surface area contributed by atoms with Crippen LogP contribution in [0.15, 0.2) is 36.4 Å². The van der Waals surface area contributed by atoms with Crippen molar-refractivity contribution in [1.82, 2.24) is 0 Å². The van der Waals surface area contributed by atoms with Crippen molar-refractivity contribution in [1.29, 1.82) is 0 Å². The van der Waals surface area contributed by atoms with Crippen LogP contribution in [-0.4, -0.2) is 18.2 Å². The molecular weight excluding hydrogens is 268 g/mol. The largest absolute Gasteiger partial charge is 0.478 e. The highest BCUT2D eigenvalue weighted by molar-refractivity contribution is 5.92. The molecular formula is C17H16O4. The summed E-state index contributed by atoms with van der Waals surface area (Å²) in [5, 5.41) is 9.60. The first kappa shape index (κ1) is 13.6. The van der Waals surface area contributed by atoms with Crippen molar-refractivity contribution in [2.75, 3.05) is 7.11 Å². The van der Waals surface area contributed by atoms with Gasteiger partial charge >= 0.3 is 5.97 Å². The van der Waals surface area contributed by atoms with Gasteiger partial charge in [-0.2, -0.15) is 0 Å². The maximum absolute atomic E-state index is 11.7. The van der Waals surface area contributed by atoms with Gasteiger partial charge in [0.25, 0.3) is 0 Å². The van der Waals surface area contributed by atoms with Gasteiger partial charge in [0.15, 0.2) is 0 Å². The number of carboxylic acid groups (broad SMARTS) is 1. The van der Waals surface area contributed by atoms with Crippen molar-refractivity contribution in [2.24, 2.45) is 0 Å². The van der Waals surface area contributed by atoms with Crippen LogP contribution in [0.3, 0.4) is 0 Å². The van der Waals surface area contributed by atoms with Crippen molar-refractivity contribution in [3.8, 4) is 11.5 Å². The number of carboxylic acids is 1. The minimum atomic E-state index is -0.950. The van der Waals surface area contributed by atoms with Gasteiger partial charge in [0.1, 0.15) is 11.5 Å². The minimum absolute atomic E-state index is 0.279. The fourth-order valence-corrected chi connectivity index (χ4v) is 2.69. The maximum atomic E-state index is 11.7. The zero-order valence-electron chi connectivity index (χ0n) is 11.9. The third kappa shape index (κ3) is 2.28. The first-order chi connectivity index (χ1) is 10.1. The summed E-state index contributed by atoms with van der Waals surface area (Å²) in [6, 6.07) is 11.3. The number of ether oxygens (including phenoxy) is 2. The fraction of sp³-hybridized carbons (Fsp3) is 0.235. The third-order valence-electron chi connectivity index (χ3n) is 3.87. The Bertz CT molecular complexity index is 706. The van der Waals surface area contributed by atoms with E-state index in [2.05, 4.69) is 0 Å². The molecule has 0 saturated carbocycles. The second kappa shape index (κ2) is 5.22. The summed E-state index contributed by atoms with van der Waals surface area (Å²) in [6.07, 6.45) is 0.274. The number of aromatic carboxylic acids is 1. The van der Waals surface area contributed by atoms with Gasteiger partial charge in [0.05, 0.1) is 11.7 Å². The van der Waals surface area contributed by atoms with Crippen LogP contribution in [0.2, 0.25) is 0 Å². The number of carbonyl (C=O) groups is 1. The van der Waals surface area contributed by atoms with E-state index in [-0.39, 0.29) is 11.7 Å². The van der Waals surface area contributed by atoms with Gasteiger partial charge in [-0.3, -0.25) is 0 Å². The molecule has 0 bridgehead atoms. The summed E-state index contributed by atoms with van der Waals surface area (Å²) in [7, 11) is 1.57. The van der Waals surface area contributed by atoms with Crippen LogP contribution in [-0.2, 0) is 11.2 Å². The second-order valence-corrected chi connectivity index (χ2v) is 5.08. The van der Waals surface area contributed by atoms with Crippen molar-refractivity contribution < 1.29 is 19.4 Å². The van der Waals surface area contributed by atoms with Gasteiger partial charge in [-0.25, -0.2) is 4.79 Å². The maximum Gasteiger partial charge on any atom is 0.336 e. The molecule has 0 amide bonds. The Balaban J connectivity index is 2.16. The Morgan fingerprint density at radius 3 is 2.71 bits per heavy atom. The van der Waals surface area contributed by atoms with Gasteiger partial charge in [0.2, 0.25) is 0 Å². The molecule has 1 atom stereocenters. The van der Waals surface area contributed by atoms with E-state index in [1.165, 1.54) is 0 Å². The average molecular weight is 284 g/mol. The Morgan fingerprint density at radius 2 is 2.00 bits per heavy atom. The van der Waals surface area contributed by atoms with Crippen LogP contribution < -0.4 is 4.74 Å². The zero-order chi connectivity index (χ0) is 15.0. The van der Waals surface area contributed by atoms with Gasteiger partial charge in [-0.05, 0) is 30.2 Å². The smallest absolute Gasteiger partial charge is 0.336 e. The van der Waals surface area contributed by atoms with Crippen LogP contribution in [0.1, 0.15) is 40.1 Å². The van der Waals surface area contributed by atoms with Crippen LogP contribution in [0, 0.1) is 0 Å². The molecule has 4 nitrogen and oxygen atoms in total. The van der Waals surface area contributed by atoms with E-state index in [1.807, 2.05) is 37.3 Å². The number of rotatable bonds is 3. The summed E-state index contributed by atoms with van der Waals surface area (Å²) in [5.41, 5.74) is 2.67. The van der Waals surface area contributed by atoms with Crippen LogP contribution in [0.4, 0.5) is 0 Å². The van der Waals surface area contributed by atoms with Crippen molar-refractivity contribution in [2.45, 2.75) is 19.4 Å². The quantitative estimate of drug-likeness (QED) is 0.795. The summed E-state index contributed by atoms with van der Waals surface area (Å²) in [6.45, 7) is 1.84. The molecule has 1 aliphatic heterocycles. The average Bonchev–Trinajstić information content (AvgIpc) is 2.50. The topological polar surface area (TPSA) is 55.8 Å². The van der Waals surface area contributed by atoms with E-state index < -0.39 is 5.97 Å². The summed E-state index contributed by atoms with van der Waals surface area (Å²) >= 11 is 0. The number of hydrogen-bond acceptors (Lipinski definition) is 3. The normalized spacial score (nSPS) is 13.8. The number of benzene rings is 2. The molecule has 108 valence electrons. The van der Waals surface area contributed by atoms with Gasteiger partial charge in [-0.1, -0.05) is 24.3 Å². The molecule has 1 N–H and O–H groups in total. The van der Waals surface area contributed by atoms with E-state index in [4.69, 9.17) is 9.47 Å². The molecule has 0 spiro atoms. The predicted octanol–water partition coefficient (Wildman–Crippen LogP) is 3.79. The van der Waals surface area contributed by atoms with E-state index in [9.17, 15) is 9.90 Å². The Morgan fingerprint density at radius 1 is 1.24 bits per heavy atom. The zero-order valence-corrected chi connectivity index (χ0v) is 11.9. The highest BCUT2D eigenvalue weighted by Crippen LogP contribution is 2.40. The Labute approximate surface area is 122 Å². The molecule has 1 aliphatic rings. The van der Waals surface area contributed by atoms with Crippen molar-refractivity contribution in [3.05, 3.63) is 58.7 Å². The fourth-order valence-electron chi connectivity index (χ4n) is 2.69. The lowest BCUT2D eigenvalue weighted by molar-refractivity contribution is 0.0681. The number of fused-ring (bicyclic) bond motifs is 2. The van der Waals surface area contributed by atoms with E-state index >= 15 is 0 Å². The van der Waals surface area contributed by atoms with Gasteiger partial charge in [-0.15, -0.1) is 0 Å². The van der Waals surface area contributed by atoms with Gasteiger partial charge in [0, 0.05) is 19.1 Å². The Kier molecular flexibility index (Phi) is 3.39. The summed E-state index contributed by atoms with van der Waals surface area (Å²) in [4.78, 5) is 11.7. The molecule has 1 heterocycles. The second-order valence-electron chi connectivity index (χ2n) is 5.08. The van der Waals surface area contributed by atoms with E-state index in [0.717, 1.165) is 11.3 Å². The molecule has 4 heteroatoms. The lowest BCUT2D eigenvalue weighted by Crippen LogP contribution is -2.14. The number of hydrogen-bond donors (Lipinski definition) is 1. The van der Waals surface area contributed by atoms with Crippen LogP contribution >= 0.6 is 0 Å². The molecule has 0 aliphatic carbocycles. The number of methoxy groups -OCH3 is 1. The molecule has 0 aromatic heterocycles. The SMILES string of the molecule is COC(C)c1ccc2c(c1C(=O)O)Cc1ccccc1O2. The molecule has 0 fully saturated rings. The van der Waals surface area contributed by atoms with Crippen molar-refractivity contribution >= 4 is 5.97 Å². The highest BCUT2D eigenvalue weighted by Gasteiger charge is 2.26. The van der Waals surface area contributed by atoms with E-state index in [1.54, 1.807) is 13.2 Å². The van der Waals surface area contributed by atoms with Crippen LogP contribution in [0.25, 0.3) is 0 Å². The standard InChI is InChI=1S/C17H16O4/c1-10(20-2)12-7-8-15-13(16(12)17(18)19)9-11-5-3-4-6-14(11)21-15/h3-8,10H,9H2,1-2H3,(H,18,19). The third-order valence-corrected chi connectivity index (χ3v) is 3.87. The molecule has 3 rings (SSSR count). The highest BCUT2D eigenvalue weighted by atomic mass is 16.5. The van der Waals surface area contributed by atoms with Gasteiger partial charge < -0.3 is 14.6 Å². The summed E-state index contributed by atoms with van der Waals surface area (Å²) in [5.74, 6) is 0.445.